The first kappa shape index (κ1) is 16.7. The van der Waals surface area contributed by atoms with Gasteiger partial charge in [0, 0.05) is 18.7 Å². The molecule has 1 heterocycles. The molecular formula is C18H26N2O2. The SMILES string of the molecule is CC(C)(C)c1cc(C=CCCN2CCCC2)cc([N+](=O)[O-])c1. The van der Waals surface area contributed by atoms with Crippen LogP contribution in [-0.2, 0) is 5.41 Å². The summed E-state index contributed by atoms with van der Waals surface area (Å²) in [7, 11) is 0. The largest absolute Gasteiger partial charge is 0.303 e. The quantitative estimate of drug-likeness (QED) is 0.598. The fourth-order valence-electron chi connectivity index (χ4n) is 2.75. The molecule has 0 spiro atoms. The summed E-state index contributed by atoms with van der Waals surface area (Å²) in [6.07, 6.45) is 7.75. The second kappa shape index (κ2) is 7.05. The lowest BCUT2D eigenvalue weighted by molar-refractivity contribution is -0.385. The number of benzene rings is 1. The summed E-state index contributed by atoms with van der Waals surface area (Å²) in [5.74, 6) is 0. The second-order valence-electron chi connectivity index (χ2n) is 7.06. The molecule has 0 unspecified atom stereocenters. The van der Waals surface area contributed by atoms with Crippen molar-refractivity contribution in [2.45, 2.75) is 45.4 Å². The third-order valence-electron chi connectivity index (χ3n) is 4.14. The molecular weight excluding hydrogens is 276 g/mol. The van der Waals surface area contributed by atoms with Crippen LogP contribution >= 0.6 is 0 Å². The molecule has 1 aliphatic rings. The molecule has 1 saturated heterocycles. The molecule has 1 aliphatic heterocycles. The molecule has 120 valence electrons. The number of nitro benzene ring substituents is 1. The van der Waals surface area contributed by atoms with E-state index in [1.165, 1.54) is 25.9 Å². The van der Waals surface area contributed by atoms with Crippen molar-refractivity contribution in [2.75, 3.05) is 19.6 Å². The predicted molar refractivity (Wildman–Crippen MR) is 91.1 cm³/mol. The van der Waals surface area contributed by atoms with Crippen LogP contribution in [0.3, 0.4) is 0 Å². The van der Waals surface area contributed by atoms with Gasteiger partial charge in [-0.1, -0.05) is 39.0 Å². The monoisotopic (exact) mass is 302 g/mol. The molecule has 2 rings (SSSR count). The highest BCUT2D eigenvalue weighted by atomic mass is 16.6. The molecule has 1 aromatic rings. The standard InChI is InChI=1S/C18H26N2O2/c1-18(2,3)16-12-15(13-17(14-16)20(21)22)8-4-5-9-19-10-6-7-11-19/h4,8,12-14H,5-7,9-11H2,1-3H3. The van der Waals surface area contributed by atoms with Crippen LogP contribution in [0.15, 0.2) is 24.3 Å². The van der Waals surface area contributed by atoms with E-state index in [0.717, 1.165) is 24.1 Å². The molecule has 0 N–H and O–H groups in total. The fourth-order valence-corrected chi connectivity index (χ4v) is 2.75. The molecule has 0 aromatic heterocycles. The van der Waals surface area contributed by atoms with E-state index < -0.39 is 0 Å². The molecule has 0 atom stereocenters. The van der Waals surface area contributed by atoms with Crippen LogP contribution in [0.2, 0.25) is 0 Å². The van der Waals surface area contributed by atoms with E-state index in [-0.39, 0.29) is 16.0 Å². The van der Waals surface area contributed by atoms with Gasteiger partial charge in [-0.2, -0.15) is 0 Å². The Morgan fingerprint density at radius 2 is 1.91 bits per heavy atom. The van der Waals surface area contributed by atoms with Crippen LogP contribution in [0, 0.1) is 10.1 Å². The predicted octanol–water partition coefficient (Wildman–Crippen LogP) is 4.39. The van der Waals surface area contributed by atoms with E-state index in [9.17, 15) is 10.1 Å². The van der Waals surface area contributed by atoms with Gasteiger partial charge < -0.3 is 4.90 Å². The Balaban J connectivity index is 2.08. The Morgan fingerprint density at radius 3 is 2.50 bits per heavy atom. The van der Waals surface area contributed by atoms with E-state index >= 15 is 0 Å². The van der Waals surface area contributed by atoms with E-state index in [1.54, 1.807) is 12.1 Å². The zero-order valence-corrected chi connectivity index (χ0v) is 13.8. The van der Waals surface area contributed by atoms with Crippen LogP contribution in [0.25, 0.3) is 6.08 Å². The Labute approximate surface area is 133 Å². The lowest BCUT2D eigenvalue weighted by Crippen LogP contribution is -2.19. The Bertz CT molecular complexity index is 553. The zero-order chi connectivity index (χ0) is 16.2. The Morgan fingerprint density at radius 1 is 1.23 bits per heavy atom. The van der Waals surface area contributed by atoms with Gasteiger partial charge in [-0.3, -0.25) is 10.1 Å². The van der Waals surface area contributed by atoms with Crippen molar-refractivity contribution in [1.29, 1.82) is 0 Å². The Kier molecular flexibility index (Phi) is 5.35. The maximum atomic E-state index is 11.1. The number of non-ortho nitro benzene ring substituents is 1. The van der Waals surface area contributed by atoms with Crippen LogP contribution in [-0.4, -0.2) is 29.5 Å². The number of hydrogen-bond donors (Lipinski definition) is 0. The van der Waals surface area contributed by atoms with E-state index in [0.29, 0.717) is 0 Å². The molecule has 1 aromatic carbocycles. The zero-order valence-electron chi connectivity index (χ0n) is 13.8. The summed E-state index contributed by atoms with van der Waals surface area (Å²) in [5, 5.41) is 11.1. The molecule has 0 radical (unpaired) electrons. The molecule has 1 fully saturated rings. The van der Waals surface area contributed by atoms with Crippen molar-refractivity contribution in [3.63, 3.8) is 0 Å². The first-order valence-electron chi connectivity index (χ1n) is 8.05. The molecule has 4 heteroatoms. The number of rotatable bonds is 5. The van der Waals surface area contributed by atoms with Gasteiger partial charge in [0.05, 0.1) is 4.92 Å². The lowest BCUT2D eigenvalue weighted by Gasteiger charge is -2.19. The molecule has 0 aliphatic carbocycles. The smallest absolute Gasteiger partial charge is 0.270 e. The van der Waals surface area contributed by atoms with Crippen molar-refractivity contribution in [3.8, 4) is 0 Å². The highest BCUT2D eigenvalue weighted by Gasteiger charge is 2.18. The highest BCUT2D eigenvalue weighted by Crippen LogP contribution is 2.28. The minimum atomic E-state index is -0.309. The fraction of sp³-hybridized carbons (Fsp3) is 0.556. The molecule has 0 amide bonds. The average molecular weight is 302 g/mol. The van der Waals surface area contributed by atoms with Crippen LogP contribution < -0.4 is 0 Å². The lowest BCUT2D eigenvalue weighted by atomic mass is 9.86. The van der Waals surface area contributed by atoms with Gasteiger partial charge in [0.1, 0.15) is 0 Å². The van der Waals surface area contributed by atoms with Crippen LogP contribution in [0.4, 0.5) is 5.69 Å². The first-order valence-corrected chi connectivity index (χ1v) is 8.05. The molecule has 0 saturated carbocycles. The molecule has 4 nitrogen and oxygen atoms in total. The minimum absolute atomic E-state index is 0.0931. The van der Waals surface area contributed by atoms with E-state index in [4.69, 9.17) is 0 Å². The van der Waals surface area contributed by atoms with Gasteiger partial charge in [0.2, 0.25) is 0 Å². The van der Waals surface area contributed by atoms with E-state index in [1.807, 2.05) is 6.08 Å². The van der Waals surface area contributed by atoms with Crippen molar-refractivity contribution in [2.24, 2.45) is 0 Å². The third kappa shape index (κ3) is 4.67. The summed E-state index contributed by atoms with van der Waals surface area (Å²) in [6.45, 7) is 9.72. The van der Waals surface area contributed by atoms with Crippen LogP contribution in [0.1, 0.15) is 51.2 Å². The summed E-state index contributed by atoms with van der Waals surface area (Å²) in [4.78, 5) is 13.3. The maximum Gasteiger partial charge on any atom is 0.270 e. The van der Waals surface area contributed by atoms with Gasteiger partial charge in [-0.05, 0) is 48.9 Å². The summed E-state index contributed by atoms with van der Waals surface area (Å²) < 4.78 is 0. The normalized spacial score (nSPS) is 16.5. The summed E-state index contributed by atoms with van der Waals surface area (Å²) in [5.41, 5.74) is 2.00. The first-order chi connectivity index (χ1) is 10.4. The van der Waals surface area contributed by atoms with Crippen molar-refractivity contribution < 1.29 is 4.92 Å². The number of likely N-dealkylation sites (tertiary alicyclic amines) is 1. The number of hydrogen-bond acceptors (Lipinski definition) is 3. The minimum Gasteiger partial charge on any atom is -0.303 e. The summed E-state index contributed by atoms with van der Waals surface area (Å²) >= 11 is 0. The van der Waals surface area contributed by atoms with Gasteiger partial charge in [-0.25, -0.2) is 0 Å². The third-order valence-corrected chi connectivity index (χ3v) is 4.14. The summed E-state index contributed by atoms with van der Waals surface area (Å²) in [6, 6.07) is 5.39. The highest BCUT2D eigenvalue weighted by molar-refractivity contribution is 5.56. The number of nitrogens with zero attached hydrogens (tertiary/aromatic N) is 2. The van der Waals surface area contributed by atoms with Gasteiger partial charge in [-0.15, -0.1) is 0 Å². The molecule has 0 bridgehead atoms. The van der Waals surface area contributed by atoms with E-state index in [2.05, 4.69) is 37.8 Å². The van der Waals surface area contributed by atoms with Crippen molar-refractivity contribution in [1.82, 2.24) is 4.90 Å². The molecule has 22 heavy (non-hydrogen) atoms. The number of nitro groups is 1. The Hall–Kier alpha value is -1.68. The van der Waals surface area contributed by atoms with Crippen molar-refractivity contribution in [3.05, 3.63) is 45.5 Å². The van der Waals surface area contributed by atoms with Crippen molar-refractivity contribution >= 4 is 11.8 Å². The maximum absolute atomic E-state index is 11.1. The second-order valence-corrected chi connectivity index (χ2v) is 7.06. The average Bonchev–Trinajstić information content (AvgIpc) is 2.95. The van der Waals surface area contributed by atoms with Gasteiger partial charge in [0.15, 0.2) is 0 Å². The van der Waals surface area contributed by atoms with Crippen LogP contribution in [0.5, 0.6) is 0 Å². The topological polar surface area (TPSA) is 46.4 Å². The van der Waals surface area contributed by atoms with Gasteiger partial charge >= 0.3 is 0 Å². The van der Waals surface area contributed by atoms with Gasteiger partial charge in [0.25, 0.3) is 5.69 Å².